The molecule has 0 aromatic rings. The van der Waals surface area contributed by atoms with Crippen LogP contribution in [0.1, 0.15) is 98.3 Å². The normalized spacial score (nSPS) is 23.9. The molecule has 1 atom stereocenters. The number of nitrogens with zero attached hydrogens (tertiary/aromatic N) is 1. The fourth-order valence-corrected chi connectivity index (χ4v) is 4.64. The van der Waals surface area contributed by atoms with E-state index in [0.717, 1.165) is 12.1 Å². The fourth-order valence-electron chi connectivity index (χ4n) is 4.64. The highest BCUT2D eigenvalue weighted by Crippen LogP contribution is 2.30. The minimum atomic E-state index is 0.236. The Kier molecular flexibility index (Phi) is 7.21. The van der Waals surface area contributed by atoms with Crippen LogP contribution in [0.3, 0.4) is 0 Å². The van der Waals surface area contributed by atoms with E-state index in [9.17, 15) is 0 Å². The Hall–Kier alpha value is -0.0800. The maximum Gasteiger partial charge on any atom is 0.00989 e. The lowest BCUT2D eigenvalue weighted by atomic mass is 9.88. The molecule has 2 heteroatoms. The fraction of sp³-hybridized carbons (Fsp3) is 1.00. The topological polar surface area (TPSA) is 15.3 Å². The van der Waals surface area contributed by atoms with Crippen LogP contribution in [0.25, 0.3) is 0 Å². The second kappa shape index (κ2) is 8.68. The lowest BCUT2D eigenvalue weighted by Gasteiger charge is -2.42. The van der Waals surface area contributed by atoms with E-state index in [1.54, 1.807) is 0 Å². The molecular formula is C20H40N2. The molecule has 0 spiro atoms. The van der Waals surface area contributed by atoms with E-state index in [1.165, 1.54) is 77.2 Å². The van der Waals surface area contributed by atoms with Crippen LogP contribution in [0, 0.1) is 0 Å². The van der Waals surface area contributed by atoms with Gasteiger partial charge < -0.3 is 5.32 Å². The summed E-state index contributed by atoms with van der Waals surface area (Å²) < 4.78 is 0. The number of rotatable bonds is 6. The molecule has 2 fully saturated rings. The van der Waals surface area contributed by atoms with Gasteiger partial charge >= 0.3 is 0 Å². The predicted octanol–water partition coefficient (Wildman–Crippen LogP) is 5.12. The van der Waals surface area contributed by atoms with Gasteiger partial charge in [0.25, 0.3) is 0 Å². The Bertz CT molecular complexity index is 277. The van der Waals surface area contributed by atoms with Crippen LogP contribution in [-0.4, -0.2) is 35.1 Å². The molecule has 2 rings (SSSR count). The first-order chi connectivity index (χ1) is 10.5. The number of hydrogen-bond acceptors (Lipinski definition) is 2. The molecule has 0 aromatic heterocycles. The summed E-state index contributed by atoms with van der Waals surface area (Å²) in [6.07, 6.45) is 15.9. The largest absolute Gasteiger partial charge is 0.310 e. The highest BCUT2D eigenvalue weighted by Gasteiger charge is 2.29. The SMILES string of the molecule is CC(CCN(C1CCCCC1)C1CCCCC1)NC(C)(C)C. The van der Waals surface area contributed by atoms with Gasteiger partial charge in [-0.15, -0.1) is 0 Å². The summed E-state index contributed by atoms with van der Waals surface area (Å²) in [5.74, 6) is 0. The first-order valence-electron chi connectivity index (χ1n) is 9.99. The third kappa shape index (κ3) is 6.20. The lowest BCUT2D eigenvalue weighted by molar-refractivity contribution is 0.0759. The summed E-state index contributed by atoms with van der Waals surface area (Å²) in [7, 11) is 0. The second-order valence-corrected chi connectivity index (χ2v) is 8.91. The van der Waals surface area contributed by atoms with Crippen molar-refractivity contribution in [2.45, 2.75) is 122 Å². The van der Waals surface area contributed by atoms with Crippen LogP contribution in [0.5, 0.6) is 0 Å². The van der Waals surface area contributed by atoms with Crippen molar-refractivity contribution in [3.05, 3.63) is 0 Å². The number of nitrogens with one attached hydrogen (secondary N) is 1. The van der Waals surface area contributed by atoms with Gasteiger partial charge in [0, 0.05) is 30.2 Å². The Morgan fingerprint density at radius 3 is 1.73 bits per heavy atom. The molecule has 1 unspecified atom stereocenters. The van der Waals surface area contributed by atoms with Gasteiger partial charge in [0.1, 0.15) is 0 Å². The van der Waals surface area contributed by atoms with Gasteiger partial charge in [-0.05, 0) is 59.8 Å². The van der Waals surface area contributed by atoms with Crippen LogP contribution in [0.4, 0.5) is 0 Å². The molecule has 130 valence electrons. The third-order valence-corrected chi connectivity index (χ3v) is 5.59. The summed E-state index contributed by atoms with van der Waals surface area (Å²) in [5.41, 5.74) is 0.236. The Labute approximate surface area is 139 Å². The molecule has 0 saturated heterocycles. The molecule has 0 aromatic carbocycles. The maximum absolute atomic E-state index is 3.75. The Morgan fingerprint density at radius 2 is 1.32 bits per heavy atom. The van der Waals surface area contributed by atoms with Crippen molar-refractivity contribution < 1.29 is 0 Å². The molecule has 1 N–H and O–H groups in total. The van der Waals surface area contributed by atoms with Crippen molar-refractivity contribution in [2.75, 3.05) is 6.54 Å². The van der Waals surface area contributed by atoms with Crippen LogP contribution in [-0.2, 0) is 0 Å². The summed E-state index contributed by atoms with van der Waals surface area (Å²) >= 11 is 0. The van der Waals surface area contributed by atoms with Gasteiger partial charge in [-0.2, -0.15) is 0 Å². The van der Waals surface area contributed by atoms with E-state index in [0.29, 0.717) is 6.04 Å². The highest BCUT2D eigenvalue weighted by atomic mass is 15.2. The average Bonchev–Trinajstić information content (AvgIpc) is 2.48. The number of hydrogen-bond donors (Lipinski definition) is 1. The van der Waals surface area contributed by atoms with Crippen molar-refractivity contribution in [2.24, 2.45) is 0 Å². The maximum atomic E-state index is 3.75. The van der Waals surface area contributed by atoms with Gasteiger partial charge in [0.05, 0.1) is 0 Å². The first kappa shape index (κ1) is 18.3. The average molecular weight is 309 g/mol. The monoisotopic (exact) mass is 308 g/mol. The van der Waals surface area contributed by atoms with Crippen molar-refractivity contribution in [3.8, 4) is 0 Å². The molecule has 2 saturated carbocycles. The van der Waals surface area contributed by atoms with E-state index < -0.39 is 0 Å². The molecule has 0 bridgehead atoms. The highest BCUT2D eigenvalue weighted by molar-refractivity contribution is 4.85. The minimum absolute atomic E-state index is 0.236. The van der Waals surface area contributed by atoms with E-state index in [1.807, 2.05) is 0 Å². The zero-order valence-corrected chi connectivity index (χ0v) is 15.7. The smallest absolute Gasteiger partial charge is 0.00989 e. The van der Waals surface area contributed by atoms with Crippen molar-refractivity contribution in [3.63, 3.8) is 0 Å². The van der Waals surface area contributed by atoms with Gasteiger partial charge in [0.2, 0.25) is 0 Å². The van der Waals surface area contributed by atoms with Crippen molar-refractivity contribution in [1.29, 1.82) is 0 Å². The molecule has 2 aliphatic rings. The van der Waals surface area contributed by atoms with Gasteiger partial charge in [-0.25, -0.2) is 0 Å². The Morgan fingerprint density at radius 1 is 0.864 bits per heavy atom. The van der Waals surface area contributed by atoms with Crippen LogP contribution in [0.15, 0.2) is 0 Å². The minimum Gasteiger partial charge on any atom is -0.310 e. The summed E-state index contributed by atoms with van der Waals surface area (Å²) in [5, 5.41) is 3.75. The third-order valence-electron chi connectivity index (χ3n) is 5.59. The van der Waals surface area contributed by atoms with Gasteiger partial charge in [-0.1, -0.05) is 38.5 Å². The van der Waals surface area contributed by atoms with Gasteiger partial charge in [-0.3, -0.25) is 4.90 Å². The van der Waals surface area contributed by atoms with E-state index in [-0.39, 0.29) is 5.54 Å². The van der Waals surface area contributed by atoms with Crippen molar-refractivity contribution in [1.82, 2.24) is 10.2 Å². The summed E-state index contributed by atoms with van der Waals surface area (Å²) in [6, 6.07) is 2.40. The molecule has 2 nitrogen and oxygen atoms in total. The molecular weight excluding hydrogens is 268 g/mol. The predicted molar refractivity (Wildman–Crippen MR) is 97.4 cm³/mol. The summed E-state index contributed by atoms with van der Waals surface area (Å²) in [6.45, 7) is 10.5. The van der Waals surface area contributed by atoms with E-state index >= 15 is 0 Å². The van der Waals surface area contributed by atoms with Crippen molar-refractivity contribution >= 4 is 0 Å². The Balaban J connectivity index is 1.88. The van der Waals surface area contributed by atoms with E-state index in [4.69, 9.17) is 0 Å². The quantitative estimate of drug-likeness (QED) is 0.732. The molecule has 0 amide bonds. The lowest BCUT2D eigenvalue weighted by Crippen LogP contribution is -2.48. The molecule has 2 aliphatic carbocycles. The zero-order valence-electron chi connectivity index (χ0n) is 15.7. The van der Waals surface area contributed by atoms with Crippen LogP contribution < -0.4 is 5.32 Å². The summed E-state index contributed by atoms with van der Waals surface area (Å²) in [4.78, 5) is 2.94. The van der Waals surface area contributed by atoms with Crippen LogP contribution in [0.2, 0.25) is 0 Å². The molecule has 0 heterocycles. The zero-order chi connectivity index (χ0) is 16.0. The van der Waals surface area contributed by atoms with Gasteiger partial charge in [0.15, 0.2) is 0 Å². The standard InChI is InChI=1S/C20H40N2/c1-17(21-20(2,3)4)15-16-22(18-11-7-5-8-12-18)19-13-9-6-10-14-19/h17-19,21H,5-16H2,1-4H3. The first-order valence-corrected chi connectivity index (χ1v) is 9.99. The molecule has 22 heavy (non-hydrogen) atoms. The molecule has 0 aliphatic heterocycles. The molecule has 0 radical (unpaired) electrons. The second-order valence-electron chi connectivity index (χ2n) is 8.91. The van der Waals surface area contributed by atoms with Crippen LogP contribution >= 0.6 is 0 Å². The van der Waals surface area contributed by atoms with E-state index in [2.05, 4.69) is 37.9 Å².